The van der Waals surface area contributed by atoms with Crippen molar-refractivity contribution in [2.75, 3.05) is 6.61 Å². The number of carbonyl (C=O) groups excluding carboxylic acids is 3. The highest BCUT2D eigenvalue weighted by Gasteiger charge is 2.75. The second-order valence-electron chi connectivity index (χ2n) is 14.1. The molecular weight excluding hydrogens is 494 g/mol. The van der Waals surface area contributed by atoms with E-state index in [4.69, 9.17) is 4.74 Å². The van der Waals surface area contributed by atoms with Crippen molar-refractivity contribution in [3.05, 3.63) is 35.9 Å². The van der Waals surface area contributed by atoms with Gasteiger partial charge in [0, 0.05) is 12.1 Å². The molecule has 6 atom stereocenters. The number of likely N-dealkylation sites (tertiary alicyclic amines) is 1. The fraction of sp³-hybridized carbons (Fsp3) is 0.710. The lowest BCUT2D eigenvalue weighted by molar-refractivity contribution is -0.146. The zero-order valence-electron chi connectivity index (χ0n) is 24.6. The van der Waals surface area contributed by atoms with E-state index in [-0.39, 0.29) is 35.7 Å². The van der Waals surface area contributed by atoms with E-state index >= 15 is 0 Å². The van der Waals surface area contributed by atoms with Crippen LogP contribution < -0.4 is 10.6 Å². The van der Waals surface area contributed by atoms with Crippen LogP contribution >= 0.6 is 0 Å². The molecule has 1 aromatic carbocycles. The minimum atomic E-state index is -1.08. The Morgan fingerprint density at radius 3 is 2.38 bits per heavy atom. The molecule has 4 rings (SSSR count). The van der Waals surface area contributed by atoms with Gasteiger partial charge >= 0.3 is 0 Å². The number of aliphatic hydroxyl groups excluding tert-OH is 1. The summed E-state index contributed by atoms with van der Waals surface area (Å²) in [6.45, 7) is 14.6. The van der Waals surface area contributed by atoms with Crippen LogP contribution in [0.15, 0.2) is 30.3 Å². The Hall–Kier alpha value is -2.45. The minimum Gasteiger partial charge on any atom is -0.394 e. The van der Waals surface area contributed by atoms with E-state index in [0.29, 0.717) is 25.8 Å². The SMILES string of the molecule is CC(C)C[C@H](CO)N1C(=O)[C@@H]2[C@@H](C(=O)NCc3ccccc3)[C@H]3CCC2(O3)C1C(=O)NC(C)(C)CC(C)(C)C. The maximum absolute atomic E-state index is 14.2. The van der Waals surface area contributed by atoms with Crippen molar-refractivity contribution in [1.82, 2.24) is 15.5 Å². The summed E-state index contributed by atoms with van der Waals surface area (Å²) in [4.78, 5) is 43.5. The van der Waals surface area contributed by atoms with Gasteiger partial charge in [-0.1, -0.05) is 65.0 Å². The van der Waals surface area contributed by atoms with Crippen LogP contribution in [0.5, 0.6) is 0 Å². The molecule has 0 aromatic heterocycles. The van der Waals surface area contributed by atoms with Crippen LogP contribution in [0.3, 0.4) is 0 Å². The first-order valence-electron chi connectivity index (χ1n) is 14.4. The topological polar surface area (TPSA) is 108 Å². The summed E-state index contributed by atoms with van der Waals surface area (Å²) in [6.07, 6.45) is 2.03. The number of hydrogen-bond acceptors (Lipinski definition) is 5. The maximum Gasteiger partial charge on any atom is 0.246 e. The fourth-order valence-corrected chi connectivity index (χ4v) is 7.58. The van der Waals surface area contributed by atoms with Gasteiger partial charge in [-0.15, -0.1) is 0 Å². The van der Waals surface area contributed by atoms with Gasteiger partial charge in [0.05, 0.1) is 30.6 Å². The molecule has 3 amide bonds. The molecule has 2 unspecified atom stereocenters. The van der Waals surface area contributed by atoms with Gasteiger partial charge in [-0.05, 0) is 56.4 Å². The largest absolute Gasteiger partial charge is 0.394 e. The molecule has 3 aliphatic heterocycles. The van der Waals surface area contributed by atoms with Crippen molar-refractivity contribution in [2.45, 2.75) is 110 Å². The van der Waals surface area contributed by atoms with Crippen molar-refractivity contribution in [3.63, 3.8) is 0 Å². The lowest BCUT2D eigenvalue weighted by Gasteiger charge is -2.40. The second-order valence-corrected chi connectivity index (χ2v) is 14.1. The predicted octanol–water partition coefficient (Wildman–Crippen LogP) is 3.42. The van der Waals surface area contributed by atoms with E-state index in [2.05, 4.69) is 31.4 Å². The molecule has 3 saturated heterocycles. The minimum absolute atomic E-state index is 0.0156. The Balaban J connectivity index is 1.66. The number of aliphatic hydroxyl groups is 1. The third-order valence-corrected chi connectivity index (χ3v) is 8.38. The molecular formula is C31H47N3O5. The third-order valence-electron chi connectivity index (χ3n) is 8.38. The quantitative estimate of drug-likeness (QED) is 0.421. The van der Waals surface area contributed by atoms with Gasteiger partial charge in [0.1, 0.15) is 11.6 Å². The Bertz CT molecular complexity index is 1070. The first-order chi connectivity index (χ1) is 18.2. The molecule has 216 valence electrons. The van der Waals surface area contributed by atoms with Crippen molar-refractivity contribution >= 4 is 17.7 Å². The molecule has 1 aromatic rings. The molecule has 39 heavy (non-hydrogen) atoms. The Morgan fingerprint density at radius 2 is 1.79 bits per heavy atom. The molecule has 1 spiro atoms. The number of nitrogens with one attached hydrogen (secondary N) is 2. The predicted molar refractivity (Wildman–Crippen MR) is 149 cm³/mol. The molecule has 8 heteroatoms. The Morgan fingerprint density at radius 1 is 1.13 bits per heavy atom. The van der Waals surface area contributed by atoms with Crippen LogP contribution in [0.4, 0.5) is 0 Å². The highest BCUT2D eigenvalue weighted by atomic mass is 16.5. The lowest BCUT2D eigenvalue weighted by atomic mass is 9.70. The first-order valence-corrected chi connectivity index (χ1v) is 14.4. The molecule has 0 radical (unpaired) electrons. The van der Waals surface area contributed by atoms with Gasteiger partial charge < -0.3 is 25.4 Å². The summed E-state index contributed by atoms with van der Waals surface area (Å²) in [7, 11) is 0. The van der Waals surface area contributed by atoms with Gasteiger partial charge in [0.15, 0.2) is 0 Å². The molecule has 8 nitrogen and oxygen atoms in total. The third kappa shape index (κ3) is 5.87. The molecule has 0 saturated carbocycles. The lowest BCUT2D eigenvalue weighted by Crippen LogP contribution is -2.61. The van der Waals surface area contributed by atoms with Crippen LogP contribution in [-0.4, -0.2) is 63.7 Å². The molecule has 3 heterocycles. The van der Waals surface area contributed by atoms with Gasteiger partial charge in [-0.3, -0.25) is 14.4 Å². The van der Waals surface area contributed by atoms with Crippen molar-refractivity contribution < 1.29 is 24.2 Å². The van der Waals surface area contributed by atoms with Crippen LogP contribution in [-0.2, 0) is 25.7 Å². The molecule has 3 N–H and O–H groups in total. The fourth-order valence-electron chi connectivity index (χ4n) is 7.58. The molecule has 3 aliphatic rings. The van der Waals surface area contributed by atoms with Crippen LogP contribution in [0, 0.1) is 23.2 Å². The molecule has 2 bridgehead atoms. The van der Waals surface area contributed by atoms with Crippen molar-refractivity contribution in [1.29, 1.82) is 0 Å². The van der Waals surface area contributed by atoms with E-state index < -0.39 is 41.2 Å². The zero-order chi connectivity index (χ0) is 28.8. The standard InChI is InChI=1S/C31H47N3O5/c1-19(2)15-21(17-35)34-25(27(37)33-30(6,7)18-29(3,4)5)31-14-13-22(39-31)23(24(31)28(34)38)26(36)32-16-20-11-9-8-10-12-20/h8-12,19,21-25,35H,13-18H2,1-7H3,(H,32,36)(H,33,37)/t21-,22-,23+,24+,25?,31?/m1/s1. The van der Waals surface area contributed by atoms with E-state index in [1.807, 2.05) is 58.0 Å². The van der Waals surface area contributed by atoms with Gasteiger partial charge in [-0.25, -0.2) is 0 Å². The number of benzene rings is 1. The number of rotatable bonds is 10. The zero-order valence-corrected chi connectivity index (χ0v) is 24.6. The summed E-state index contributed by atoms with van der Waals surface area (Å²) >= 11 is 0. The molecule has 3 fully saturated rings. The molecule has 0 aliphatic carbocycles. The van der Waals surface area contributed by atoms with Gasteiger partial charge in [0.25, 0.3) is 0 Å². The Labute approximate surface area is 233 Å². The highest BCUT2D eigenvalue weighted by molar-refractivity contribution is 5.99. The summed E-state index contributed by atoms with van der Waals surface area (Å²) < 4.78 is 6.55. The van der Waals surface area contributed by atoms with E-state index in [1.165, 1.54) is 0 Å². The number of carbonyl (C=O) groups is 3. The van der Waals surface area contributed by atoms with Crippen LogP contribution in [0.1, 0.15) is 79.7 Å². The summed E-state index contributed by atoms with van der Waals surface area (Å²) in [6, 6.07) is 8.22. The highest BCUT2D eigenvalue weighted by Crippen LogP contribution is 2.59. The van der Waals surface area contributed by atoms with Crippen molar-refractivity contribution in [2.24, 2.45) is 23.2 Å². The first kappa shape index (κ1) is 29.5. The summed E-state index contributed by atoms with van der Waals surface area (Å²) in [5, 5.41) is 16.6. The number of amides is 3. The summed E-state index contributed by atoms with van der Waals surface area (Å²) in [5.41, 5.74) is -0.643. The number of hydrogen-bond donors (Lipinski definition) is 3. The maximum atomic E-state index is 14.2. The average molecular weight is 542 g/mol. The second kappa shape index (κ2) is 10.8. The van der Waals surface area contributed by atoms with Gasteiger partial charge in [0.2, 0.25) is 17.7 Å². The monoisotopic (exact) mass is 541 g/mol. The number of nitrogens with zero attached hydrogens (tertiary/aromatic N) is 1. The number of fused-ring (bicyclic) bond motifs is 1. The normalized spacial score (nSPS) is 29.1. The van der Waals surface area contributed by atoms with Crippen molar-refractivity contribution in [3.8, 4) is 0 Å². The van der Waals surface area contributed by atoms with Crippen LogP contribution in [0.25, 0.3) is 0 Å². The smallest absolute Gasteiger partial charge is 0.246 e. The van der Waals surface area contributed by atoms with Crippen LogP contribution in [0.2, 0.25) is 0 Å². The average Bonchev–Trinajstić information content (AvgIpc) is 3.47. The van der Waals surface area contributed by atoms with E-state index in [9.17, 15) is 19.5 Å². The Kier molecular flexibility index (Phi) is 8.21. The van der Waals surface area contributed by atoms with E-state index in [0.717, 1.165) is 12.0 Å². The van der Waals surface area contributed by atoms with E-state index in [1.54, 1.807) is 4.90 Å². The van der Waals surface area contributed by atoms with Gasteiger partial charge in [-0.2, -0.15) is 0 Å². The summed E-state index contributed by atoms with van der Waals surface area (Å²) in [5.74, 6) is -1.97. The number of ether oxygens (including phenoxy) is 1.